The number of aromatic nitrogens is 3. The molecule has 0 amide bonds. The molecule has 3 aromatic carbocycles. The van der Waals surface area contributed by atoms with Crippen molar-refractivity contribution in [3.63, 3.8) is 0 Å². The first-order chi connectivity index (χ1) is 14.4. The Morgan fingerprint density at radius 1 is 0.967 bits per heavy atom. The van der Waals surface area contributed by atoms with Crippen molar-refractivity contribution in [2.45, 2.75) is 17.1 Å². The minimum Gasteiger partial charge on any atom is -0.183 e. The first-order valence-corrected chi connectivity index (χ1v) is 10.2. The second kappa shape index (κ2) is 8.49. The zero-order chi connectivity index (χ0) is 21.1. The number of benzene rings is 3. The summed E-state index contributed by atoms with van der Waals surface area (Å²) in [6, 6.07) is 20.2. The van der Waals surface area contributed by atoms with E-state index in [-0.39, 0.29) is 5.16 Å². The highest BCUT2D eigenvalue weighted by atomic mass is 35.5. The van der Waals surface area contributed by atoms with Gasteiger partial charge in [-0.1, -0.05) is 78.0 Å². The third-order valence-corrected chi connectivity index (χ3v) is 5.52. The van der Waals surface area contributed by atoms with Crippen LogP contribution in [0, 0.1) is 0 Å². The van der Waals surface area contributed by atoms with Crippen LogP contribution >= 0.6 is 23.4 Å². The molecule has 4 nitrogen and oxygen atoms in total. The zero-order valence-corrected chi connectivity index (χ0v) is 16.9. The number of nitrogens with zero attached hydrogens (tertiary/aromatic N) is 4. The van der Waals surface area contributed by atoms with Crippen molar-refractivity contribution in [3.8, 4) is 0 Å². The fraction of sp³-hybridized carbons (Fsp3) is 0.0952. The molecule has 152 valence electrons. The Bertz CT molecular complexity index is 1200. The molecule has 1 aromatic heterocycles. The average molecular weight is 447 g/mol. The van der Waals surface area contributed by atoms with Gasteiger partial charge in [0.15, 0.2) is 0 Å². The highest BCUT2D eigenvalue weighted by Crippen LogP contribution is 2.31. The van der Waals surface area contributed by atoms with Crippen molar-refractivity contribution < 1.29 is 13.2 Å². The van der Waals surface area contributed by atoms with Gasteiger partial charge in [-0.05, 0) is 28.5 Å². The van der Waals surface area contributed by atoms with E-state index < -0.39 is 12.0 Å². The molecule has 4 rings (SSSR count). The summed E-state index contributed by atoms with van der Waals surface area (Å²) >= 11 is 6.99. The van der Waals surface area contributed by atoms with Crippen LogP contribution in [0.1, 0.15) is 17.0 Å². The molecule has 9 heteroatoms. The van der Waals surface area contributed by atoms with E-state index in [9.17, 15) is 13.2 Å². The number of alkyl halides is 3. The van der Waals surface area contributed by atoms with E-state index in [1.807, 2.05) is 36.4 Å². The molecule has 0 saturated carbocycles. The van der Waals surface area contributed by atoms with E-state index in [1.54, 1.807) is 30.3 Å². The predicted octanol–water partition coefficient (Wildman–Crippen LogP) is 6.28. The van der Waals surface area contributed by atoms with Crippen LogP contribution in [0.5, 0.6) is 0 Å². The summed E-state index contributed by atoms with van der Waals surface area (Å²) in [4.78, 5) is 0. The van der Waals surface area contributed by atoms with Gasteiger partial charge in [-0.25, -0.2) is 0 Å². The largest absolute Gasteiger partial charge is 0.453 e. The van der Waals surface area contributed by atoms with Crippen LogP contribution in [-0.2, 0) is 11.9 Å². The number of fused-ring (bicyclic) bond motifs is 1. The second-order valence-corrected chi connectivity index (χ2v) is 7.72. The molecule has 4 aromatic rings. The van der Waals surface area contributed by atoms with Crippen molar-refractivity contribution in [2.24, 2.45) is 5.10 Å². The summed E-state index contributed by atoms with van der Waals surface area (Å²) in [5, 5.41) is 13.6. The average Bonchev–Trinajstić information content (AvgIpc) is 3.15. The molecule has 0 saturated heterocycles. The van der Waals surface area contributed by atoms with Crippen LogP contribution in [0.3, 0.4) is 0 Å². The minimum atomic E-state index is -4.68. The summed E-state index contributed by atoms with van der Waals surface area (Å²) in [6.45, 7) is 0. The molecule has 30 heavy (non-hydrogen) atoms. The van der Waals surface area contributed by atoms with Crippen molar-refractivity contribution in [2.75, 3.05) is 0 Å². The van der Waals surface area contributed by atoms with Gasteiger partial charge in [0.05, 0.1) is 6.21 Å². The number of rotatable bonds is 5. The number of hydrogen-bond acceptors (Lipinski definition) is 4. The van der Waals surface area contributed by atoms with Gasteiger partial charge >= 0.3 is 6.18 Å². The fourth-order valence-electron chi connectivity index (χ4n) is 2.85. The van der Waals surface area contributed by atoms with Crippen LogP contribution in [-0.4, -0.2) is 21.1 Å². The Morgan fingerprint density at radius 3 is 2.47 bits per heavy atom. The Hall–Kier alpha value is -2.84. The van der Waals surface area contributed by atoms with E-state index >= 15 is 0 Å². The van der Waals surface area contributed by atoms with Gasteiger partial charge < -0.3 is 0 Å². The standard InChI is InChI=1S/C21H14ClF3N4S/c22-17-10-8-14(9-11-17)13-30-20-28-27-19(21(23,24)25)29(20)26-12-16-6-3-5-15-4-1-2-7-18(15)16/h1-12H,13H2/b26-12-. The third kappa shape index (κ3) is 4.49. The number of hydrogen-bond donors (Lipinski definition) is 0. The zero-order valence-electron chi connectivity index (χ0n) is 15.3. The molecule has 0 atom stereocenters. The Labute approximate surface area is 179 Å². The first-order valence-electron chi connectivity index (χ1n) is 8.84. The van der Waals surface area contributed by atoms with Crippen molar-refractivity contribution >= 4 is 40.3 Å². The van der Waals surface area contributed by atoms with E-state index in [0.717, 1.165) is 32.8 Å². The molecular formula is C21H14ClF3N4S. The van der Waals surface area contributed by atoms with E-state index in [1.165, 1.54) is 6.21 Å². The van der Waals surface area contributed by atoms with Gasteiger partial charge in [0.25, 0.3) is 5.82 Å². The van der Waals surface area contributed by atoms with Crippen LogP contribution < -0.4 is 0 Å². The molecule has 0 fully saturated rings. The van der Waals surface area contributed by atoms with Crippen LogP contribution in [0.4, 0.5) is 13.2 Å². The highest BCUT2D eigenvalue weighted by Gasteiger charge is 2.39. The van der Waals surface area contributed by atoms with Crippen molar-refractivity contribution in [3.05, 3.63) is 88.7 Å². The van der Waals surface area contributed by atoms with E-state index in [2.05, 4.69) is 15.3 Å². The summed E-state index contributed by atoms with van der Waals surface area (Å²) in [6.07, 6.45) is -3.28. The maximum absolute atomic E-state index is 13.4. The number of halogens is 4. The van der Waals surface area contributed by atoms with Crippen LogP contribution in [0.2, 0.25) is 5.02 Å². The van der Waals surface area contributed by atoms with Gasteiger partial charge in [0, 0.05) is 16.3 Å². The molecule has 0 aliphatic heterocycles. The van der Waals surface area contributed by atoms with Gasteiger partial charge in [0.2, 0.25) is 5.16 Å². The molecular weight excluding hydrogens is 433 g/mol. The van der Waals surface area contributed by atoms with Gasteiger partial charge in [-0.3, -0.25) is 0 Å². The molecule has 0 unspecified atom stereocenters. The smallest absolute Gasteiger partial charge is 0.183 e. The second-order valence-electron chi connectivity index (χ2n) is 6.34. The molecule has 1 heterocycles. The predicted molar refractivity (Wildman–Crippen MR) is 113 cm³/mol. The maximum atomic E-state index is 13.4. The topological polar surface area (TPSA) is 43.1 Å². The molecule has 0 N–H and O–H groups in total. The SMILES string of the molecule is FC(F)(F)c1nnc(SCc2ccc(Cl)cc2)n1/N=C\c1cccc2ccccc12. The van der Waals surface area contributed by atoms with Gasteiger partial charge in [-0.15, -0.1) is 10.2 Å². The minimum absolute atomic E-state index is 0.0498. The lowest BCUT2D eigenvalue weighted by Gasteiger charge is -2.07. The van der Waals surface area contributed by atoms with Crippen LogP contribution in [0.25, 0.3) is 10.8 Å². The van der Waals surface area contributed by atoms with Gasteiger partial charge in [0.1, 0.15) is 0 Å². The summed E-state index contributed by atoms with van der Waals surface area (Å²) in [5.41, 5.74) is 1.59. The lowest BCUT2D eigenvalue weighted by Crippen LogP contribution is -2.13. The fourth-order valence-corrected chi connectivity index (χ4v) is 3.82. The summed E-state index contributed by atoms with van der Waals surface area (Å²) < 4.78 is 41.0. The van der Waals surface area contributed by atoms with Crippen molar-refractivity contribution in [1.29, 1.82) is 0 Å². The molecule has 0 radical (unpaired) electrons. The Morgan fingerprint density at radius 2 is 1.70 bits per heavy atom. The Kier molecular flexibility index (Phi) is 5.78. The maximum Gasteiger partial charge on any atom is 0.453 e. The number of thioether (sulfide) groups is 1. The highest BCUT2D eigenvalue weighted by molar-refractivity contribution is 7.98. The quantitative estimate of drug-likeness (QED) is 0.268. The van der Waals surface area contributed by atoms with Crippen LogP contribution in [0.15, 0.2) is 77.0 Å². The van der Waals surface area contributed by atoms with Crippen molar-refractivity contribution in [1.82, 2.24) is 14.9 Å². The van der Waals surface area contributed by atoms with Gasteiger partial charge in [-0.2, -0.15) is 22.9 Å². The molecule has 0 aliphatic carbocycles. The van der Waals surface area contributed by atoms with E-state index in [4.69, 9.17) is 11.6 Å². The normalized spacial score (nSPS) is 12.1. The lowest BCUT2D eigenvalue weighted by atomic mass is 10.1. The Balaban J connectivity index is 1.67. The molecule has 0 bridgehead atoms. The molecule has 0 aliphatic rings. The first kappa shape index (κ1) is 20.4. The third-order valence-electron chi connectivity index (χ3n) is 4.28. The summed E-state index contributed by atoms with van der Waals surface area (Å²) in [7, 11) is 0. The summed E-state index contributed by atoms with van der Waals surface area (Å²) in [5.74, 6) is -0.769. The monoisotopic (exact) mass is 446 g/mol. The molecule has 0 spiro atoms. The van der Waals surface area contributed by atoms with E-state index in [0.29, 0.717) is 16.3 Å². The lowest BCUT2D eigenvalue weighted by molar-refractivity contribution is -0.147.